The first-order valence-electron chi connectivity index (χ1n) is 9.50. The van der Waals surface area contributed by atoms with Gasteiger partial charge in [0.1, 0.15) is 5.58 Å². The van der Waals surface area contributed by atoms with Crippen molar-refractivity contribution in [1.29, 1.82) is 0 Å². The van der Waals surface area contributed by atoms with Crippen molar-refractivity contribution in [3.8, 4) is 0 Å². The number of allylic oxidation sites excluding steroid dienone is 1. The van der Waals surface area contributed by atoms with Crippen LogP contribution in [0.4, 0.5) is 11.6 Å². The number of rotatable bonds is 7. The monoisotopic (exact) mass is 389 g/mol. The first-order valence-corrected chi connectivity index (χ1v) is 9.50. The fourth-order valence-electron chi connectivity index (χ4n) is 2.96. The van der Waals surface area contributed by atoms with Crippen LogP contribution in [0.1, 0.15) is 19.4 Å². The highest BCUT2D eigenvalue weighted by Gasteiger charge is 2.19. The van der Waals surface area contributed by atoms with Gasteiger partial charge in [-0.25, -0.2) is 4.79 Å². The minimum absolute atomic E-state index is 0.205. The number of fused-ring (bicyclic) bond motifs is 1. The van der Waals surface area contributed by atoms with E-state index in [9.17, 15) is 9.59 Å². The van der Waals surface area contributed by atoms with Crippen LogP contribution in [-0.2, 0) is 9.53 Å². The fraction of sp³-hybridized carbons (Fsp3) is 0.167. The van der Waals surface area contributed by atoms with Crippen molar-refractivity contribution in [2.45, 2.75) is 13.8 Å². The molecule has 0 fully saturated rings. The molecule has 5 heteroatoms. The second-order valence-electron chi connectivity index (χ2n) is 6.25. The molecule has 3 rings (SSSR count). The topological polar surface area (TPSA) is 59.8 Å². The van der Waals surface area contributed by atoms with Gasteiger partial charge < -0.3 is 14.1 Å². The van der Waals surface area contributed by atoms with E-state index in [1.54, 1.807) is 25.1 Å². The molecule has 0 aliphatic rings. The lowest BCUT2D eigenvalue weighted by Crippen LogP contribution is -2.21. The molecule has 5 nitrogen and oxygen atoms in total. The van der Waals surface area contributed by atoms with Gasteiger partial charge in [0, 0.05) is 18.3 Å². The van der Waals surface area contributed by atoms with E-state index >= 15 is 0 Å². The number of ether oxygens (including phenoxy) is 1. The molecule has 2 aromatic carbocycles. The van der Waals surface area contributed by atoms with Gasteiger partial charge in [-0.05, 0) is 44.2 Å². The number of esters is 1. The minimum atomic E-state index is -0.509. The average molecular weight is 389 g/mol. The molecular formula is C24H23NO4. The normalized spacial score (nSPS) is 11.4. The van der Waals surface area contributed by atoms with Gasteiger partial charge in [0.25, 0.3) is 0 Å². The Bertz CT molecular complexity index is 1100. The van der Waals surface area contributed by atoms with Gasteiger partial charge in [-0.15, -0.1) is 0 Å². The summed E-state index contributed by atoms with van der Waals surface area (Å²) >= 11 is 0. The average Bonchev–Trinajstić information content (AvgIpc) is 2.74. The third-order valence-corrected chi connectivity index (χ3v) is 4.32. The quantitative estimate of drug-likeness (QED) is 0.320. The standard InChI is InChI=1S/C24H23NO4/c1-3-5-17-25(18-11-7-6-8-12-18)24-20(15-16-22(26)28-4-2)23(27)19-13-9-10-14-21(19)29-24/h3,5-16H,4,17H2,1-2H3/b5-3+,16-15+. The van der Waals surface area contributed by atoms with Crippen molar-refractivity contribution >= 4 is 34.6 Å². The van der Waals surface area contributed by atoms with Gasteiger partial charge in [0.05, 0.1) is 17.6 Å². The second kappa shape index (κ2) is 9.55. The summed E-state index contributed by atoms with van der Waals surface area (Å²) in [7, 11) is 0. The van der Waals surface area contributed by atoms with Gasteiger partial charge in [-0.2, -0.15) is 0 Å². The van der Waals surface area contributed by atoms with E-state index in [2.05, 4.69) is 0 Å². The van der Waals surface area contributed by atoms with Crippen molar-refractivity contribution in [3.63, 3.8) is 0 Å². The summed E-state index contributed by atoms with van der Waals surface area (Å²) in [5.41, 5.74) is 1.45. The maximum Gasteiger partial charge on any atom is 0.330 e. The lowest BCUT2D eigenvalue weighted by Gasteiger charge is -2.23. The van der Waals surface area contributed by atoms with E-state index < -0.39 is 5.97 Å². The molecule has 0 aliphatic heterocycles. The molecule has 0 atom stereocenters. The van der Waals surface area contributed by atoms with E-state index in [-0.39, 0.29) is 12.0 Å². The molecule has 0 unspecified atom stereocenters. The summed E-state index contributed by atoms with van der Waals surface area (Å²) in [5.74, 6) is -0.135. The second-order valence-corrected chi connectivity index (χ2v) is 6.25. The third kappa shape index (κ3) is 4.63. The summed E-state index contributed by atoms with van der Waals surface area (Å²) in [6, 6.07) is 16.7. The van der Waals surface area contributed by atoms with Gasteiger partial charge in [0.2, 0.25) is 11.3 Å². The molecule has 0 N–H and O–H groups in total. The Morgan fingerprint density at radius 1 is 1.10 bits per heavy atom. The van der Waals surface area contributed by atoms with Crippen LogP contribution >= 0.6 is 0 Å². The summed E-state index contributed by atoms with van der Waals surface area (Å²) in [5, 5.41) is 0.457. The Hall–Kier alpha value is -3.60. The maximum absolute atomic E-state index is 13.2. The molecule has 0 aliphatic carbocycles. The number of benzene rings is 2. The van der Waals surface area contributed by atoms with Crippen LogP contribution in [0.15, 0.2) is 82.0 Å². The van der Waals surface area contributed by atoms with E-state index in [1.807, 2.05) is 60.4 Å². The van der Waals surface area contributed by atoms with E-state index in [0.717, 1.165) is 5.69 Å². The first-order chi connectivity index (χ1) is 14.2. The number of para-hydroxylation sites is 2. The predicted molar refractivity (Wildman–Crippen MR) is 116 cm³/mol. The Labute approximate surface area is 169 Å². The van der Waals surface area contributed by atoms with E-state index in [0.29, 0.717) is 29.0 Å². The lowest BCUT2D eigenvalue weighted by molar-refractivity contribution is -0.137. The molecule has 148 valence electrons. The molecule has 0 radical (unpaired) electrons. The Morgan fingerprint density at radius 3 is 2.55 bits per heavy atom. The van der Waals surface area contributed by atoms with Crippen LogP contribution in [0.5, 0.6) is 0 Å². The smallest absolute Gasteiger partial charge is 0.330 e. The Balaban J connectivity index is 2.23. The molecule has 1 aromatic heterocycles. The zero-order valence-corrected chi connectivity index (χ0v) is 16.5. The van der Waals surface area contributed by atoms with Crippen LogP contribution in [0, 0.1) is 0 Å². The summed E-state index contributed by atoms with van der Waals surface area (Å²) < 4.78 is 11.1. The number of hydrogen-bond donors (Lipinski definition) is 0. The van der Waals surface area contributed by atoms with Gasteiger partial charge in [0.15, 0.2) is 0 Å². The third-order valence-electron chi connectivity index (χ3n) is 4.32. The van der Waals surface area contributed by atoms with Crippen LogP contribution in [0.25, 0.3) is 17.0 Å². The van der Waals surface area contributed by atoms with Crippen LogP contribution < -0.4 is 10.3 Å². The maximum atomic E-state index is 13.2. The van der Waals surface area contributed by atoms with Crippen molar-refractivity contribution in [2.24, 2.45) is 0 Å². The van der Waals surface area contributed by atoms with E-state index in [4.69, 9.17) is 9.15 Å². The molecule has 0 bridgehead atoms. The molecule has 0 spiro atoms. The highest BCUT2D eigenvalue weighted by Crippen LogP contribution is 2.30. The fourth-order valence-corrected chi connectivity index (χ4v) is 2.96. The highest BCUT2D eigenvalue weighted by molar-refractivity contribution is 5.90. The van der Waals surface area contributed by atoms with Crippen molar-refractivity contribution in [3.05, 3.63) is 88.6 Å². The Kier molecular flexibility index (Phi) is 6.63. The molecule has 1 heterocycles. The number of hydrogen-bond acceptors (Lipinski definition) is 5. The van der Waals surface area contributed by atoms with Crippen LogP contribution in [0.2, 0.25) is 0 Å². The Morgan fingerprint density at radius 2 is 1.83 bits per heavy atom. The highest BCUT2D eigenvalue weighted by atomic mass is 16.5. The molecule has 0 saturated carbocycles. The predicted octanol–water partition coefficient (Wildman–Crippen LogP) is 5.08. The number of nitrogens with zero attached hydrogens (tertiary/aromatic N) is 1. The summed E-state index contributed by atoms with van der Waals surface area (Å²) in [4.78, 5) is 27.0. The SMILES string of the molecule is C/C=C/CN(c1ccccc1)c1oc2ccccc2c(=O)c1/C=C/C(=O)OCC. The molecule has 0 saturated heterocycles. The van der Waals surface area contributed by atoms with Crippen LogP contribution in [0.3, 0.4) is 0 Å². The van der Waals surface area contributed by atoms with Gasteiger partial charge in [-0.3, -0.25) is 4.79 Å². The summed E-state index contributed by atoms with van der Waals surface area (Å²) in [6.07, 6.45) is 6.63. The van der Waals surface area contributed by atoms with Gasteiger partial charge >= 0.3 is 5.97 Å². The molecule has 29 heavy (non-hydrogen) atoms. The number of anilines is 2. The largest absolute Gasteiger partial charge is 0.463 e. The van der Waals surface area contributed by atoms with E-state index in [1.165, 1.54) is 12.2 Å². The molecular weight excluding hydrogens is 366 g/mol. The zero-order valence-electron chi connectivity index (χ0n) is 16.5. The van der Waals surface area contributed by atoms with Crippen molar-refractivity contribution < 1.29 is 13.9 Å². The lowest BCUT2D eigenvalue weighted by atomic mass is 10.1. The first kappa shape index (κ1) is 20.1. The summed E-state index contributed by atoms with van der Waals surface area (Å²) in [6.45, 7) is 4.43. The number of carbonyl (C=O) groups is 1. The van der Waals surface area contributed by atoms with Crippen molar-refractivity contribution in [1.82, 2.24) is 0 Å². The minimum Gasteiger partial charge on any atom is -0.463 e. The van der Waals surface area contributed by atoms with Crippen molar-refractivity contribution in [2.75, 3.05) is 18.1 Å². The zero-order chi connectivity index (χ0) is 20.6. The molecule has 3 aromatic rings. The van der Waals surface area contributed by atoms with Gasteiger partial charge in [-0.1, -0.05) is 42.5 Å². The molecule has 0 amide bonds. The number of carbonyl (C=O) groups excluding carboxylic acids is 1. The van der Waals surface area contributed by atoms with Crippen LogP contribution in [-0.4, -0.2) is 19.1 Å².